The Morgan fingerprint density at radius 3 is 2.54 bits per heavy atom. The number of hydrogen-bond acceptors (Lipinski definition) is 3. The number of pyridine rings is 1. The summed E-state index contributed by atoms with van der Waals surface area (Å²) in [6, 6.07) is 13.8. The zero-order valence-corrected chi connectivity index (χ0v) is 13.8. The molecule has 26 heavy (non-hydrogen) atoms. The van der Waals surface area contributed by atoms with Crippen LogP contribution in [0, 0.1) is 11.6 Å². The number of amides is 1. The average molecular weight is 354 g/mol. The van der Waals surface area contributed by atoms with Crippen LogP contribution in [0.5, 0.6) is 5.75 Å². The van der Waals surface area contributed by atoms with Crippen LogP contribution in [0.15, 0.2) is 67.0 Å². The van der Waals surface area contributed by atoms with Gasteiger partial charge in [0.2, 0.25) is 0 Å². The maximum atomic E-state index is 13.6. The van der Waals surface area contributed by atoms with E-state index in [1.807, 2.05) is 12.1 Å². The van der Waals surface area contributed by atoms with Crippen LogP contribution in [0.25, 0.3) is 0 Å². The summed E-state index contributed by atoms with van der Waals surface area (Å²) < 4.78 is 32.1. The van der Waals surface area contributed by atoms with Gasteiger partial charge < -0.3 is 10.1 Å². The molecule has 0 unspecified atom stereocenters. The number of hydrogen-bond donors (Lipinski definition) is 1. The molecule has 2 aromatic carbocycles. The topological polar surface area (TPSA) is 51.2 Å². The Kier molecular flexibility index (Phi) is 5.53. The predicted octanol–water partition coefficient (Wildman–Crippen LogP) is 3.87. The molecule has 0 aliphatic carbocycles. The van der Waals surface area contributed by atoms with Crippen LogP contribution in [-0.4, -0.2) is 10.9 Å². The second-order valence-electron chi connectivity index (χ2n) is 5.60. The van der Waals surface area contributed by atoms with E-state index in [4.69, 9.17) is 4.74 Å². The van der Waals surface area contributed by atoms with Gasteiger partial charge in [0.05, 0.1) is 5.56 Å². The van der Waals surface area contributed by atoms with Crippen molar-refractivity contribution in [3.05, 3.63) is 95.3 Å². The van der Waals surface area contributed by atoms with E-state index in [9.17, 15) is 13.6 Å². The summed E-state index contributed by atoms with van der Waals surface area (Å²) >= 11 is 0. The Morgan fingerprint density at radius 1 is 1.04 bits per heavy atom. The number of carbonyl (C=O) groups is 1. The van der Waals surface area contributed by atoms with Gasteiger partial charge in [-0.25, -0.2) is 8.78 Å². The summed E-state index contributed by atoms with van der Waals surface area (Å²) in [5.74, 6) is -1.52. The number of carbonyl (C=O) groups excluding carboxylic acids is 1. The number of rotatable bonds is 6. The number of ether oxygens (including phenoxy) is 1. The normalized spacial score (nSPS) is 10.4. The predicted molar refractivity (Wildman–Crippen MR) is 92.5 cm³/mol. The summed E-state index contributed by atoms with van der Waals surface area (Å²) in [6.45, 7) is 0.631. The molecule has 0 fully saturated rings. The number of nitrogens with zero attached hydrogens (tertiary/aromatic N) is 1. The monoisotopic (exact) mass is 354 g/mol. The lowest BCUT2D eigenvalue weighted by Crippen LogP contribution is -2.23. The van der Waals surface area contributed by atoms with Crippen LogP contribution in [0.3, 0.4) is 0 Å². The van der Waals surface area contributed by atoms with Crippen LogP contribution in [0.1, 0.15) is 21.5 Å². The molecule has 0 aliphatic rings. The highest BCUT2D eigenvalue weighted by atomic mass is 19.1. The van der Waals surface area contributed by atoms with Gasteiger partial charge in [-0.05, 0) is 35.9 Å². The van der Waals surface area contributed by atoms with Crippen molar-refractivity contribution in [3.8, 4) is 5.75 Å². The standard InChI is InChI=1S/C20H16F2N2O2/c21-16-5-8-18(19(22)10-16)20(25)24-12-14-3-6-17(7-4-14)26-13-15-2-1-9-23-11-15/h1-11H,12-13H2,(H,24,25). The SMILES string of the molecule is O=C(NCc1ccc(OCc2cccnc2)cc1)c1ccc(F)cc1F. The van der Waals surface area contributed by atoms with E-state index in [2.05, 4.69) is 10.3 Å². The van der Waals surface area contributed by atoms with Gasteiger partial charge in [-0.2, -0.15) is 0 Å². The molecule has 1 N–H and O–H groups in total. The molecule has 4 nitrogen and oxygen atoms in total. The van der Waals surface area contributed by atoms with E-state index < -0.39 is 17.5 Å². The Bertz CT molecular complexity index is 884. The van der Waals surface area contributed by atoms with Crippen molar-refractivity contribution >= 4 is 5.91 Å². The number of benzene rings is 2. The lowest BCUT2D eigenvalue weighted by atomic mass is 10.1. The fourth-order valence-corrected chi connectivity index (χ4v) is 2.30. The minimum Gasteiger partial charge on any atom is -0.489 e. The summed E-state index contributed by atoms with van der Waals surface area (Å²) in [5, 5.41) is 2.60. The maximum absolute atomic E-state index is 13.6. The van der Waals surface area contributed by atoms with Crippen molar-refractivity contribution < 1.29 is 18.3 Å². The van der Waals surface area contributed by atoms with Crippen molar-refractivity contribution in [3.63, 3.8) is 0 Å². The largest absolute Gasteiger partial charge is 0.489 e. The minimum atomic E-state index is -0.887. The van der Waals surface area contributed by atoms with Gasteiger partial charge in [0.25, 0.3) is 5.91 Å². The van der Waals surface area contributed by atoms with E-state index in [0.29, 0.717) is 18.4 Å². The number of aromatic nitrogens is 1. The van der Waals surface area contributed by atoms with Crippen LogP contribution in [0.2, 0.25) is 0 Å². The third-order valence-corrected chi connectivity index (χ3v) is 3.68. The lowest BCUT2D eigenvalue weighted by molar-refractivity contribution is 0.0947. The van der Waals surface area contributed by atoms with Crippen molar-refractivity contribution in [1.82, 2.24) is 10.3 Å². The lowest BCUT2D eigenvalue weighted by Gasteiger charge is -2.09. The number of halogens is 2. The molecule has 1 amide bonds. The molecular formula is C20H16F2N2O2. The molecule has 6 heteroatoms. The molecule has 3 rings (SSSR count). The highest BCUT2D eigenvalue weighted by Crippen LogP contribution is 2.14. The highest BCUT2D eigenvalue weighted by molar-refractivity contribution is 5.94. The fourth-order valence-electron chi connectivity index (χ4n) is 2.30. The minimum absolute atomic E-state index is 0.192. The molecule has 1 heterocycles. The average Bonchev–Trinajstić information content (AvgIpc) is 2.66. The van der Waals surface area contributed by atoms with Crippen LogP contribution in [-0.2, 0) is 13.2 Å². The van der Waals surface area contributed by atoms with Crippen molar-refractivity contribution in [2.24, 2.45) is 0 Å². The Balaban J connectivity index is 1.53. The molecule has 132 valence electrons. The maximum Gasteiger partial charge on any atom is 0.254 e. The van der Waals surface area contributed by atoms with Gasteiger partial charge in [0.15, 0.2) is 0 Å². The summed E-state index contributed by atoms with van der Waals surface area (Å²) in [6.07, 6.45) is 3.43. The Hall–Kier alpha value is -3.28. The second kappa shape index (κ2) is 8.20. The molecule has 0 atom stereocenters. The molecule has 0 aliphatic heterocycles. The molecule has 0 spiro atoms. The summed E-state index contributed by atoms with van der Waals surface area (Å²) in [7, 11) is 0. The zero-order valence-electron chi connectivity index (χ0n) is 13.8. The van der Waals surface area contributed by atoms with Gasteiger partial charge in [-0.15, -0.1) is 0 Å². The molecule has 0 bridgehead atoms. The van der Waals surface area contributed by atoms with Crippen LogP contribution < -0.4 is 10.1 Å². The first-order chi connectivity index (χ1) is 12.6. The first-order valence-electron chi connectivity index (χ1n) is 7.96. The van der Waals surface area contributed by atoms with Gasteiger partial charge in [-0.3, -0.25) is 9.78 Å². The van der Waals surface area contributed by atoms with Crippen LogP contribution in [0.4, 0.5) is 8.78 Å². The summed E-state index contributed by atoms with van der Waals surface area (Å²) in [5.41, 5.74) is 1.60. The fraction of sp³-hybridized carbons (Fsp3) is 0.100. The number of nitrogens with one attached hydrogen (secondary N) is 1. The smallest absolute Gasteiger partial charge is 0.254 e. The van der Waals surface area contributed by atoms with E-state index in [1.165, 1.54) is 0 Å². The molecule has 1 aromatic heterocycles. The molecular weight excluding hydrogens is 338 g/mol. The van der Waals surface area contributed by atoms with Gasteiger partial charge >= 0.3 is 0 Å². The van der Waals surface area contributed by atoms with E-state index in [0.717, 1.165) is 23.3 Å². The van der Waals surface area contributed by atoms with Crippen LogP contribution >= 0.6 is 0 Å². The zero-order chi connectivity index (χ0) is 18.4. The van der Waals surface area contributed by atoms with E-state index in [-0.39, 0.29) is 12.1 Å². The van der Waals surface area contributed by atoms with E-state index >= 15 is 0 Å². The van der Waals surface area contributed by atoms with Gasteiger partial charge in [0, 0.05) is 30.6 Å². The second-order valence-corrected chi connectivity index (χ2v) is 5.60. The highest BCUT2D eigenvalue weighted by Gasteiger charge is 2.12. The Labute approximate surface area is 149 Å². The van der Waals surface area contributed by atoms with Crippen molar-refractivity contribution in [1.29, 1.82) is 0 Å². The summed E-state index contributed by atoms with van der Waals surface area (Å²) in [4.78, 5) is 16.0. The molecule has 0 saturated heterocycles. The molecule has 0 radical (unpaired) electrons. The van der Waals surface area contributed by atoms with Gasteiger partial charge in [0.1, 0.15) is 24.0 Å². The quantitative estimate of drug-likeness (QED) is 0.731. The van der Waals surface area contributed by atoms with Crippen molar-refractivity contribution in [2.75, 3.05) is 0 Å². The third kappa shape index (κ3) is 4.63. The van der Waals surface area contributed by atoms with Crippen molar-refractivity contribution in [2.45, 2.75) is 13.2 Å². The van der Waals surface area contributed by atoms with Gasteiger partial charge in [-0.1, -0.05) is 18.2 Å². The first-order valence-corrected chi connectivity index (χ1v) is 7.96. The molecule has 3 aromatic rings. The first kappa shape index (κ1) is 17.5. The Morgan fingerprint density at radius 2 is 1.85 bits per heavy atom. The molecule has 0 saturated carbocycles. The van der Waals surface area contributed by atoms with E-state index in [1.54, 1.807) is 36.7 Å². The third-order valence-electron chi connectivity index (χ3n) is 3.68.